The third-order valence-corrected chi connectivity index (χ3v) is 4.81. The van der Waals surface area contributed by atoms with Gasteiger partial charge >= 0.3 is 0 Å². The highest BCUT2D eigenvalue weighted by Gasteiger charge is 2.40. The number of benzene rings is 1. The molecule has 0 aromatic heterocycles. The fourth-order valence-corrected chi connectivity index (χ4v) is 4.17. The van der Waals surface area contributed by atoms with Crippen molar-refractivity contribution in [3.8, 4) is 0 Å². The molecule has 0 spiro atoms. The van der Waals surface area contributed by atoms with Crippen LogP contribution in [0.4, 0.5) is 0 Å². The molecule has 1 aromatic carbocycles. The maximum atomic E-state index is 5.65. The van der Waals surface area contributed by atoms with E-state index in [4.69, 9.17) is 4.74 Å². The lowest BCUT2D eigenvalue weighted by atomic mass is 9.81. The lowest BCUT2D eigenvalue weighted by molar-refractivity contribution is 0.0945. The Balaban J connectivity index is 1.96. The van der Waals surface area contributed by atoms with Crippen LogP contribution < -0.4 is 0 Å². The van der Waals surface area contributed by atoms with E-state index in [2.05, 4.69) is 19.1 Å². The van der Waals surface area contributed by atoms with Crippen molar-refractivity contribution < 1.29 is 4.74 Å². The van der Waals surface area contributed by atoms with Crippen LogP contribution in [0.2, 0.25) is 0 Å². The van der Waals surface area contributed by atoms with E-state index in [1.165, 1.54) is 24.8 Å². The van der Waals surface area contributed by atoms with Crippen molar-refractivity contribution >= 4 is 0 Å². The van der Waals surface area contributed by atoms with E-state index >= 15 is 0 Å². The molecule has 1 aliphatic heterocycles. The molecule has 1 saturated carbocycles. The molecule has 0 N–H and O–H groups in total. The summed E-state index contributed by atoms with van der Waals surface area (Å²) in [5.41, 5.74) is 6.55. The molecule has 3 aliphatic rings. The van der Waals surface area contributed by atoms with Crippen molar-refractivity contribution in [2.24, 2.45) is 0 Å². The van der Waals surface area contributed by atoms with Gasteiger partial charge in [-0.1, -0.05) is 19.1 Å². The third-order valence-electron chi connectivity index (χ3n) is 4.81. The predicted molar refractivity (Wildman–Crippen MR) is 63.8 cm³/mol. The van der Waals surface area contributed by atoms with Crippen LogP contribution >= 0.6 is 0 Å². The SMILES string of the molecule is CC1COCc2ccc3c(c21)C1CCC3C1. The largest absolute Gasteiger partial charge is 0.376 e. The highest BCUT2D eigenvalue weighted by Crippen LogP contribution is 2.55. The van der Waals surface area contributed by atoms with Gasteiger partial charge in [-0.15, -0.1) is 0 Å². The topological polar surface area (TPSA) is 9.23 Å². The van der Waals surface area contributed by atoms with Crippen LogP contribution in [-0.2, 0) is 11.3 Å². The minimum atomic E-state index is 0.609. The van der Waals surface area contributed by atoms with Crippen LogP contribution in [0.5, 0.6) is 0 Å². The molecule has 0 radical (unpaired) electrons. The average molecular weight is 214 g/mol. The highest BCUT2D eigenvalue weighted by molar-refractivity contribution is 5.51. The van der Waals surface area contributed by atoms with Gasteiger partial charge < -0.3 is 4.74 Å². The first-order chi connectivity index (χ1) is 7.84. The second-order valence-electron chi connectivity index (χ2n) is 5.76. The van der Waals surface area contributed by atoms with Crippen molar-refractivity contribution in [2.45, 2.75) is 50.5 Å². The molecule has 2 bridgehead atoms. The maximum absolute atomic E-state index is 5.65. The zero-order chi connectivity index (χ0) is 10.7. The summed E-state index contributed by atoms with van der Waals surface area (Å²) in [4.78, 5) is 0. The molecular weight excluding hydrogens is 196 g/mol. The van der Waals surface area contributed by atoms with Gasteiger partial charge in [-0.05, 0) is 53.4 Å². The molecule has 3 unspecified atom stereocenters. The Morgan fingerprint density at radius 2 is 2.00 bits per heavy atom. The summed E-state index contributed by atoms with van der Waals surface area (Å²) in [5.74, 6) is 2.38. The maximum Gasteiger partial charge on any atom is 0.0720 e. The summed E-state index contributed by atoms with van der Waals surface area (Å²) in [7, 11) is 0. The van der Waals surface area contributed by atoms with E-state index in [0.717, 1.165) is 25.0 Å². The van der Waals surface area contributed by atoms with Gasteiger partial charge in [-0.25, -0.2) is 0 Å². The number of fused-ring (bicyclic) bond motifs is 7. The molecule has 1 heterocycles. The minimum Gasteiger partial charge on any atom is -0.376 e. The second-order valence-corrected chi connectivity index (χ2v) is 5.76. The molecule has 3 atom stereocenters. The molecule has 0 saturated heterocycles. The molecule has 2 aliphatic carbocycles. The Morgan fingerprint density at radius 1 is 1.12 bits per heavy atom. The Hall–Kier alpha value is -0.820. The first-order valence-electron chi connectivity index (χ1n) is 6.58. The van der Waals surface area contributed by atoms with Crippen LogP contribution in [0.3, 0.4) is 0 Å². The number of hydrogen-bond acceptors (Lipinski definition) is 1. The molecule has 16 heavy (non-hydrogen) atoms. The molecule has 84 valence electrons. The van der Waals surface area contributed by atoms with Gasteiger partial charge in [0.05, 0.1) is 13.2 Å². The van der Waals surface area contributed by atoms with Crippen molar-refractivity contribution in [2.75, 3.05) is 6.61 Å². The Morgan fingerprint density at radius 3 is 2.94 bits per heavy atom. The summed E-state index contributed by atoms with van der Waals surface area (Å²) < 4.78 is 5.65. The van der Waals surface area contributed by atoms with Gasteiger partial charge in [0.25, 0.3) is 0 Å². The van der Waals surface area contributed by atoms with Crippen LogP contribution in [0.25, 0.3) is 0 Å². The van der Waals surface area contributed by atoms with E-state index in [1.54, 1.807) is 16.7 Å². The Kier molecular flexibility index (Phi) is 1.79. The van der Waals surface area contributed by atoms with Crippen LogP contribution in [0.15, 0.2) is 12.1 Å². The van der Waals surface area contributed by atoms with Crippen molar-refractivity contribution in [1.82, 2.24) is 0 Å². The summed E-state index contributed by atoms with van der Waals surface area (Å²) in [6, 6.07) is 4.71. The molecule has 1 heteroatoms. The molecule has 1 fully saturated rings. The number of rotatable bonds is 0. The Labute approximate surface area is 96.8 Å². The minimum absolute atomic E-state index is 0.609. The normalized spacial score (nSPS) is 34.9. The molecular formula is C15H18O. The molecule has 1 aromatic rings. The zero-order valence-electron chi connectivity index (χ0n) is 9.83. The van der Waals surface area contributed by atoms with Crippen LogP contribution in [0, 0.1) is 0 Å². The van der Waals surface area contributed by atoms with E-state index in [1.807, 2.05) is 0 Å². The highest BCUT2D eigenvalue weighted by atomic mass is 16.5. The quantitative estimate of drug-likeness (QED) is 0.640. The monoisotopic (exact) mass is 214 g/mol. The van der Waals surface area contributed by atoms with Gasteiger partial charge in [0.1, 0.15) is 0 Å². The second kappa shape index (κ2) is 3.10. The Bertz CT molecular complexity index is 449. The third kappa shape index (κ3) is 1.05. The van der Waals surface area contributed by atoms with Crippen LogP contribution in [0.1, 0.15) is 66.2 Å². The molecule has 4 rings (SSSR count). The standard InChI is InChI=1S/C15H18O/c1-9-7-16-8-12-4-5-13-10-2-3-11(6-10)15(13)14(9)12/h4-5,9-11H,2-3,6-8H2,1H3. The summed E-state index contributed by atoms with van der Waals surface area (Å²) in [6.07, 6.45) is 4.29. The first kappa shape index (κ1) is 9.23. The lowest BCUT2D eigenvalue weighted by Gasteiger charge is -2.29. The van der Waals surface area contributed by atoms with Crippen molar-refractivity contribution in [3.05, 3.63) is 34.4 Å². The average Bonchev–Trinajstić information content (AvgIpc) is 2.89. The van der Waals surface area contributed by atoms with Crippen molar-refractivity contribution in [3.63, 3.8) is 0 Å². The van der Waals surface area contributed by atoms with Crippen LogP contribution in [-0.4, -0.2) is 6.61 Å². The summed E-state index contributed by atoms with van der Waals surface area (Å²) >= 11 is 0. The van der Waals surface area contributed by atoms with Gasteiger partial charge in [0, 0.05) is 5.92 Å². The fourth-order valence-electron chi connectivity index (χ4n) is 4.17. The van der Waals surface area contributed by atoms with E-state index in [-0.39, 0.29) is 0 Å². The fraction of sp³-hybridized carbons (Fsp3) is 0.600. The van der Waals surface area contributed by atoms with Gasteiger partial charge in [-0.3, -0.25) is 0 Å². The molecule has 0 amide bonds. The van der Waals surface area contributed by atoms with E-state index < -0.39 is 0 Å². The van der Waals surface area contributed by atoms with Gasteiger partial charge in [-0.2, -0.15) is 0 Å². The number of hydrogen-bond donors (Lipinski definition) is 0. The zero-order valence-corrected chi connectivity index (χ0v) is 9.83. The summed E-state index contributed by atoms with van der Waals surface area (Å²) in [5, 5.41) is 0. The van der Waals surface area contributed by atoms with E-state index in [9.17, 15) is 0 Å². The summed E-state index contributed by atoms with van der Waals surface area (Å²) in [6.45, 7) is 4.08. The molecule has 1 nitrogen and oxygen atoms in total. The van der Waals surface area contributed by atoms with Gasteiger partial charge in [0.15, 0.2) is 0 Å². The lowest BCUT2D eigenvalue weighted by Crippen LogP contribution is -2.18. The van der Waals surface area contributed by atoms with Crippen molar-refractivity contribution in [1.29, 1.82) is 0 Å². The van der Waals surface area contributed by atoms with E-state index in [0.29, 0.717) is 5.92 Å². The predicted octanol–water partition coefficient (Wildman–Crippen LogP) is 3.69. The van der Waals surface area contributed by atoms with Gasteiger partial charge in [0.2, 0.25) is 0 Å². The number of ether oxygens (including phenoxy) is 1. The first-order valence-corrected chi connectivity index (χ1v) is 6.58. The smallest absolute Gasteiger partial charge is 0.0720 e.